The molecule has 0 radical (unpaired) electrons. The summed E-state index contributed by atoms with van der Waals surface area (Å²) in [6, 6.07) is 8.19. The van der Waals surface area contributed by atoms with Gasteiger partial charge in [0, 0.05) is 6.54 Å². The lowest BCUT2D eigenvalue weighted by molar-refractivity contribution is 0.682. The topological polar surface area (TPSA) is 17.8 Å². The summed E-state index contributed by atoms with van der Waals surface area (Å²) < 4.78 is 3.12. The van der Waals surface area contributed by atoms with Crippen molar-refractivity contribution in [3.8, 4) is 0 Å². The summed E-state index contributed by atoms with van der Waals surface area (Å²) in [5, 5.41) is 0. The van der Waals surface area contributed by atoms with Gasteiger partial charge in [-0.3, -0.25) is 0 Å². The van der Waals surface area contributed by atoms with Crippen LogP contribution in [0.5, 0.6) is 0 Å². The molecule has 0 bridgehead atoms. The van der Waals surface area contributed by atoms with Gasteiger partial charge in [0.05, 0.1) is 11.0 Å². The largest absolute Gasteiger partial charge is 0.319 e. The van der Waals surface area contributed by atoms with Crippen LogP contribution in [0.15, 0.2) is 29.0 Å². The summed E-state index contributed by atoms with van der Waals surface area (Å²) in [7, 11) is 0. The first kappa shape index (κ1) is 8.75. The summed E-state index contributed by atoms with van der Waals surface area (Å²) in [4.78, 5) is 4.41. The Labute approximate surface area is 85.7 Å². The van der Waals surface area contributed by atoms with Crippen LogP contribution in [0, 0.1) is 0 Å². The van der Waals surface area contributed by atoms with E-state index in [1.807, 2.05) is 18.2 Å². The van der Waals surface area contributed by atoms with Gasteiger partial charge in [-0.15, -0.1) is 0 Å². The summed E-state index contributed by atoms with van der Waals surface area (Å²) in [5.74, 6) is 0. The molecule has 0 unspecified atom stereocenters. The van der Waals surface area contributed by atoms with E-state index < -0.39 is 0 Å². The Morgan fingerprint density at radius 1 is 1.38 bits per heavy atom. The predicted octanol–water partition coefficient (Wildman–Crippen LogP) is 3.21. The number of hydrogen-bond donors (Lipinski definition) is 0. The SMILES string of the molecule is CCCn1c(Br)nc2ccccc21. The Hall–Kier alpha value is -0.830. The van der Waals surface area contributed by atoms with E-state index in [-0.39, 0.29) is 0 Å². The van der Waals surface area contributed by atoms with Gasteiger partial charge in [-0.25, -0.2) is 4.98 Å². The lowest BCUT2D eigenvalue weighted by Gasteiger charge is -2.01. The van der Waals surface area contributed by atoms with Crippen molar-refractivity contribution in [3.05, 3.63) is 29.0 Å². The van der Waals surface area contributed by atoms with Crippen LogP contribution in [0.2, 0.25) is 0 Å². The van der Waals surface area contributed by atoms with Crippen LogP contribution in [0.1, 0.15) is 13.3 Å². The van der Waals surface area contributed by atoms with Gasteiger partial charge in [-0.1, -0.05) is 19.1 Å². The minimum atomic E-state index is 0.926. The summed E-state index contributed by atoms with van der Waals surface area (Å²) >= 11 is 3.46. The van der Waals surface area contributed by atoms with E-state index in [1.165, 1.54) is 5.52 Å². The van der Waals surface area contributed by atoms with E-state index in [1.54, 1.807) is 0 Å². The molecule has 13 heavy (non-hydrogen) atoms. The lowest BCUT2D eigenvalue weighted by atomic mass is 10.3. The molecule has 2 nitrogen and oxygen atoms in total. The molecule has 0 aliphatic rings. The third-order valence-corrected chi connectivity index (χ3v) is 2.66. The molecule has 3 heteroatoms. The van der Waals surface area contributed by atoms with Crippen molar-refractivity contribution in [2.75, 3.05) is 0 Å². The number of imidazole rings is 1. The van der Waals surface area contributed by atoms with Crippen LogP contribution in [-0.2, 0) is 6.54 Å². The third-order valence-electron chi connectivity index (χ3n) is 2.06. The molecule has 2 aromatic rings. The Morgan fingerprint density at radius 2 is 2.15 bits per heavy atom. The highest BCUT2D eigenvalue weighted by atomic mass is 79.9. The van der Waals surface area contributed by atoms with Crippen LogP contribution < -0.4 is 0 Å². The molecule has 0 saturated heterocycles. The summed E-state index contributed by atoms with van der Waals surface area (Å²) in [6.45, 7) is 3.18. The van der Waals surface area contributed by atoms with Gasteiger partial charge in [0.15, 0.2) is 4.73 Å². The number of benzene rings is 1. The van der Waals surface area contributed by atoms with Crippen LogP contribution in [0.25, 0.3) is 11.0 Å². The maximum absolute atomic E-state index is 4.41. The van der Waals surface area contributed by atoms with Crippen molar-refractivity contribution in [3.63, 3.8) is 0 Å². The second-order valence-electron chi connectivity index (χ2n) is 3.02. The third kappa shape index (κ3) is 1.48. The molecule has 1 aromatic carbocycles. The zero-order chi connectivity index (χ0) is 9.26. The highest BCUT2D eigenvalue weighted by Crippen LogP contribution is 2.19. The first-order valence-electron chi connectivity index (χ1n) is 4.43. The van der Waals surface area contributed by atoms with Crippen LogP contribution in [-0.4, -0.2) is 9.55 Å². The maximum Gasteiger partial charge on any atom is 0.178 e. The van der Waals surface area contributed by atoms with Gasteiger partial charge < -0.3 is 4.57 Å². The van der Waals surface area contributed by atoms with E-state index in [4.69, 9.17) is 0 Å². The van der Waals surface area contributed by atoms with Gasteiger partial charge in [-0.2, -0.15) is 0 Å². The van der Waals surface area contributed by atoms with Gasteiger partial charge in [0.2, 0.25) is 0 Å². The van der Waals surface area contributed by atoms with Crippen molar-refractivity contribution >= 4 is 27.0 Å². The minimum Gasteiger partial charge on any atom is -0.319 e. The fraction of sp³-hybridized carbons (Fsp3) is 0.300. The smallest absolute Gasteiger partial charge is 0.178 e. The zero-order valence-corrected chi connectivity index (χ0v) is 9.08. The van der Waals surface area contributed by atoms with E-state index in [0.717, 1.165) is 23.2 Å². The molecule has 0 aliphatic carbocycles. The fourth-order valence-corrected chi connectivity index (χ4v) is 2.04. The molecule has 1 aromatic heterocycles. The van der Waals surface area contributed by atoms with Crippen molar-refractivity contribution in [2.45, 2.75) is 19.9 Å². The number of fused-ring (bicyclic) bond motifs is 1. The van der Waals surface area contributed by atoms with Gasteiger partial charge in [0.1, 0.15) is 0 Å². The zero-order valence-electron chi connectivity index (χ0n) is 7.50. The molecule has 0 fully saturated rings. The molecule has 0 N–H and O–H groups in total. The van der Waals surface area contributed by atoms with Crippen molar-refractivity contribution < 1.29 is 0 Å². The van der Waals surface area contributed by atoms with E-state index in [2.05, 4.69) is 38.5 Å². The molecule has 68 valence electrons. The molecule has 1 heterocycles. The molecular formula is C10H11BrN2. The van der Waals surface area contributed by atoms with E-state index >= 15 is 0 Å². The number of para-hydroxylation sites is 2. The average molecular weight is 239 g/mol. The molecule has 0 spiro atoms. The van der Waals surface area contributed by atoms with Crippen LogP contribution >= 0.6 is 15.9 Å². The summed E-state index contributed by atoms with van der Waals surface area (Å²) in [6.07, 6.45) is 1.12. The standard InChI is InChI=1S/C10H11BrN2/c1-2-7-13-9-6-4-3-5-8(9)12-10(13)11/h3-6H,2,7H2,1H3. The number of halogens is 1. The molecular weight excluding hydrogens is 228 g/mol. The molecule has 0 amide bonds. The number of aromatic nitrogens is 2. The molecule has 2 rings (SSSR count). The van der Waals surface area contributed by atoms with Gasteiger partial charge in [0.25, 0.3) is 0 Å². The minimum absolute atomic E-state index is 0.926. The first-order chi connectivity index (χ1) is 6.33. The Morgan fingerprint density at radius 3 is 2.92 bits per heavy atom. The van der Waals surface area contributed by atoms with E-state index in [9.17, 15) is 0 Å². The van der Waals surface area contributed by atoms with Crippen molar-refractivity contribution in [2.24, 2.45) is 0 Å². The lowest BCUT2D eigenvalue weighted by Crippen LogP contribution is -1.95. The van der Waals surface area contributed by atoms with Crippen molar-refractivity contribution in [1.29, 1.82) is 0 Å². The fourth-order valence-electron chi connectivity index (χ4n) is 1.48. The molecule has 0 atom stereocenters. The highest BCUT2D eigenvalue weighted by Gasteiger charge is 2.05. The second-order valence-corrected chi connectivity index (χ2v) is 3.73. The predicted molar refractivity (Wildman–Crippen MR) is 57.7 cm³/mol. The normalized spacial score (nSPS) is 10.9. The Kier molecular flexibility index (Phi) is 2.36. The van der Waals surface area contributed by atoms with Gasteiger partial charge >= 0.3 is 0 Å². The molecule has 0 aliphatic heterocycles. The molecule has 0 saturated carbocycles. The number of nitrogens with zero attached hydrogens (tertiary/aromatic N) is 2. The van der Waals surface area contributed by atoms with Crippen molar-refractivity contribution in [1.82, 2.24) is 9.55 Å². The maximum atomic E-state index is 4.41. The van der Waals surface area contributed by atoms with E-state index in [0.29, 0.717) is 0 Å². The monoisotopic (exact) mass is 238 g/mol. The number of aryl methyl sites for hydroxylation is 1. The highest BCUT2D eigenvalue weighted by molar-refractivity contribution is 9.10. The quantitative estimate of drug-likeness (QED) is 0.786. The van der Waals surface area contributed by atoms with Crippen LogP contribution in [0.3, 0.4) is 0 Å². The number of rotatable bonds is 2. The van der Waals surface area contributed by atoms with Crippen LogP contribution in [0.4, 0.5) is 0 Å². The Balaban J connectivity index is 2.64. The first-order valence-corrected chi connectivity index (χ1v) is 5.23. The summed E-state index contributed by atoms with van der Waals surface area (Å²) in [5.41, 5.74) is 2.26. The van der Waals surface area contributed by atoms with Gasteiger partial charge in [-0.05, 0) is 34.5 Å². The Bertz CT molecular complexity index is 420. The second kappa shape index (κ2) is 3.50. The number of hydrogen-bond acceptors (Lipinski definition) is 1. The average Bonchev–Trinajstić information content (AvgIpc) is 2.44.